The fraction of sp³-hybridized carbons (Fsp3) is 0.600. The molecule has 0 bridgehead atoms. The van der Waals surface area contributed by atoms with E-state index < -0.39 is 0 Å². The second-order valence-corrected chi connectivity index (χ2v) is 4.17. The number of hydrogen-bond donors (Lipinski definition) is 1. The van der Waals surface area contributed by atoms with Crippen LogP contribution < -0.4 is 0 Å². The lowest BCUT2D eigenvalue weighted by atomic mass is 10.0. The molecular formula is C15H24O4. The van der Waals surface area contributed by atoms with Gasteiger partial charge >= 0.3 is 0 Å². The molecule has 19 heavy (non-hydrogen) atoms. The third-order valence-electron chi connectivity index (χ3n) is 2.72. The molecule has 1 aromatic rings. The molecule has 0 saturated carbocycles. The SMILES string of the molecule is CCOCc1cc(COCC)c(O)c(COCC)c1. The summed E-state index contributed by atoms with van der Waals surface area (Å²) < 4.78 is 16.2. The molecule has 0 aliphatic carbocycles. The number of phenols is 1. The lowest BCUT2D eigenvalue weighted by Crippen LogP contribution is -2.01. The van der Waals surface area contributed by atoms with Crippen molar-refractivity contribution in [3.8, 4) is 5.75 Å². The van der Waals surface area contributed by atoms with Gasteiger partial charge in [0.15, 0.2) is 0 Å². The van der Waals surface area contributed by atoms with E-state index in [4.69, 9.17) is 14.2 Å². The molecule has 0 amide bonds. The van der Waals surface area contributed by atoms with Crippen LogP contribution in [-0.2, 0) is 34.0 Å². The minimum atomic E-state index is 0.266. The normalized spacial score (nSPS) is 10.9. The Bertz CT molecular complexity index is 347. The molecule has 4 nitrogen and oxygen atoms in total. The Balaban J connectivity index is 2.92. The highest BCUT2D eigenvalue weighted by atomic mass is 16.5. The van der Waals surface area contributed by atoms with E-state index in [0.29, 0.717) is 39.6 Å². The van der Waals surface area contributed by atoms with Crippen molar-refractivity contribution in [2.75, 3.05) is 19.8 Å². The van der Waals surface area contributed by atoms with Crippen LogP contribution in [0.25, 0.3) is 0 Å². The topological polar surface area (TPSA) is 47.9 Å². The van der Waals surface area contributed by atoms with Gasteiger partial charge in [0.25, 0.3) is 0 Å². The molecular weight excluding hydrogens is 244 g/mol. The Hall–Kier alpha value is -1.10. The van der Waals surface area contributed by atoms with Crippen molar-refractivity contribution in [3.63, 3.8) is 0 Å². The van der Waals surface area contributed by atoms with Gasteiger partial charge in [-0.1, -0.05) is 0 Å². The number of ether oxygens (including phenoxy) is 3. The molecule has 1 rings (SSSR count). The molecule has 108 valence electrons. The summed E-state index contributed by atoms with van der Waals surface area (Å²) in [5.74, 6) is 0.266. The van der Waals surface area contributed by atoms with Gasteiger partial charge in [-0.2, -0.15) is 0 Å². The van der Waals surface area contributed by atoms with Gasteiger partial charge in [0.05, 0.1) is 19.8 Å². The molecule has 0 radical (unpaired) electrons. The first-order valence-corrected chi connectivity index (χ1v) is 6.79. The summed E-state index contributed by atoms with van der Waals surface area (Å²) in [6, 6.07) is 3.85. The maximum absolute atomic E-state index is 10.2. The third kappa shape index (κ3) is 5.19. The monoisotopic (exact) mass is 268 g/mol. The molecule has 0 fully saturated rings. The van der Waals surface area contributed by atoms with Crippen LogP contribution in [0.2, 0.25) is 0 Å². The summed E-state index contributed by atoms with van der Waals surface area (Å²) in [6.07, 6.45) is 0. The summed E-state index contributed by atoms with van der Waals surface area (Å²) in [5, 5.41) is 10.2. The summed E-state index contributed by atoms with van der Waals surface area (Å²) >= 11 is 0. The van der Waals surface area contributed by atoms with Crippen LogP contribution in [-0.4, -0.2) is 24.9 Å². The van der Waals surface area contributed by atoms with Crippen LogP contribution >= 0.6 is 0 Å². The van der Waals surface area contributed by atoms with E-state index in [9.17, 15) is 5.11 Å². The van der Waals surface area contributed by atoms with Gasteiger partial charge in [0, 0.05) is 30.9 Å². The van der Waals surface area contributed by atoms with Crippen LogP contribution in [0.4, 0.5) is 0 Å². The van der Waals surface area contributed by atoms with Crippen molar-refractivity contribution in [1.82, 2.24) is 0 Å². The average Bonchev–Trinajstić information content (AvgIpc) is 2.43. The minimum absolute atomic E-state index is 0.266. The van der Waals surface area contributed by atoms with E-state index in [-0.39, 0.29) is 5.75 Å². The highest BCUT2D eigenvalue weighted by molar-refractivity contribution is 5.43. The van der Waals surface area contributed by atoms with Gasteiger partial charge in [0.1, 0.15) is 5.75 Å². The largest absolute Gasteiger partial charge is 0.507 e. The molecule has 0 atom stereocenters. The van der Waals surface area contributed by atoms with Crippen molar-refractivity contribution in [1.29, 1.82) is 0 Å². The van der Waals surface area contributed by atoms with Crippen molar-refractivity contribution in [2.45, 2.75) is 40.6 Å². The van der Waals surface area contributed by atoms with E-state index in [1.54, 1.807) is 0 Å². The van der Waals surface area contributed by atoms with Crippen molar-refractivity contribution >= 4 is 0 Å². The maximum Gasteiger partial charge on any atom is 0.126 e. The molecule has 0 spiro atoms. The Morgan fingerprint density at radius 1 is 0.789 bits per heavy atom. The highest BCUT2D eigenvalue weighted by Gasteiger charge is 2.10. The lowest BCUT2D eigenvalue weighted by Gasteiger charge is -2.13. The summed E-state index contributed by atoms with van der Waals surface area (Å²) in [4.78, 5) is 0. The van der Waals surface area contributed by atoms with Crippen molar-refractivity contribution in [2.24, 2.45) is 0 Å². The first-order chi connectivity index (χ1) is 9.22. The van der Waals surface area contributed by atoms with Crippen LogP contribution in [0.1, 0.15) is 37.5 Å². The summed E-state index contributed by atoms with van der Waals surface area (Å²) in [5.41, 5.74) is 2.60. The quantitative estimate of drug-likeness (QED) is 0.748. The summed E-state index contributed by atoms with van der Waals surface area (Å²) in [7, 11) is 0. The van der Waals surface area contributed by atoms with Gasteiger partial charge in [-0.3, -0.25) is 0 Å². The zero-order valence-corrected chi connectivity index (χ0v) is 12.1. The zero-order valence-electron chi connectivity index (χ0n) is 12.1. The number of phenolic OH excluding ortho intramolecular Hbond substituents is 1. The molecule has 4 heteroatoms. The van der Waals surface area contributed by atoms with Crippen LogP contribution in [0.15, 0.2) is 12.1 Å². The Labute approximate surface area is 115 Å². The second-order valence-electron chi connectivity index (χ2n) is 4.17. The number of aromatic hydroxyl groups is 1. The molecule has 0 aliphatic rings. The van der Waals surface area contributed by atoms with E-state index in [1.165, 1.54) is 0 Å². The van der Waals surface area contributed by atoms with Gasteiger partial charge in [-0.15, -0.1) is 0 Å². The molecule has 1 N–H and O–H groups in total. The zero-order chi connectivity index (χ0) is 14.1. The first-order valence-electron chi connectivity index (χ1n) is 6.79. The lowest BCUT2D eigenvalue weighted by molar-refractivity contribution is 0.123. The predicted molar refractivity (Wildman–Crippen MR) is 74.1 cm³/mol. The average molecular weight is 268 g/mol. The van der Waals surface area contributed by atoms with Crippen LogP contribution in [0.5, 0.6) is 5.75 Å². The second kappa shape index (κ2) is 8.91. The maximum atomic E-state index is 10.2. The number of benzene rings is 1. The third-order valence-corrected chi connectivity index (χ3v) is 2.72. The number of hydrogen-bond acceptors (Lipinski definition) is 4. The minimum Gasteiger partial charge on any atom is -0.507 e. The number of rotatable bonds is 9. The molecule has 0 aliphatic heterocycles. The van der Waals surface area contributed by atoms with E-state index in [2.05, 4.69) is 0 Å². The van der Waals surface area contributed by atoms with Crippen LogP contribution in [0, 0.1) is 0 Å². The molecule has 0 unspecified atom stereocenters. The van der Waals surface area contributed by atoms with Gasteiger partial charge in [-0.05, 0) is 38.5 Å². The van der Waals surface area contributed by atoms with Gasteiger partial charge in [0.2, 0.25) is 0 Å². The van der Waals surface area contributed by atoms with E-state index in [0.717, 1.165) is 16.7 Å². The smallest absolute Gasteiger partial charge is 0.126 e. The van der Waals surface area contributed by atoms with Crippen molar-refractivity contribution < 1.29 is 19.3 Å². The standard InChI is InChI=1S/C15H24O4/c1-4-17-9-12-7-13(10-18-5-2)15(16)14(8-12)11-19-6-3/h7-8,16H,4-6,9-11H2,1-3H3. The van der Waals surface area contributed by atoms with E-state index in [1.807, 2.05) is 32.9 Å². The Morgan fingerprint density at radius 3 is 1.63 bits per heavy atom. The molecule has 1 aromatic carbocycles. The molecule has 0 heterocycles. The Kier molecular flexibility index (Phi) is 7.48. The van der Waals surface area contributed by atoms with Crippen molar-refractivity contribution in [3.05, 3.63) is 28.8 Å². The molecule has 0 saturated heterocycles. The predicted octanol–water partition coefficient (Wildman–Crippen LogP) is 3.00. The van der Waals surface area contributed by atoms with Gasteiger partial charge < -0.3 is 19.3 Å². The summed E-state index contributed by atoms with van der Waals surface area (Å²) in [6.45, 7) is 9.08. The van der Waals surface area contributed by atoms with Crippen LogP contribution in [0.3, 0.4) is 0 Å². The fourth-order valence-corrected chi connectivity index (χ4v) is 1.78. The van der Waals surface area contributed by atoms with Gasteiger partial charge in [-0.25, -0.2) is 0 Å². The first kappa shape index (κ1) is 16.0. The van der Waals surface area contributed by atoms with E-state index >= 15 is 0 Å². The Morgan fingerprint density at radius 2 is 1.21 bits per heavy atom. The molecule has 0 aromatic heterocycles. The highest BCUT2D eigenvalue weighted by Crippen LogP contribution is 2.26. The fourth-order valence-electron chi connectivity index (χ4n) is 1.78.